The minimum atomic E-state index is -0.192. The van der Waals surface area contributed by atoms with Crippen molar-refractivity contribution < 1.29 is 9.13 Å². The van der Waals surface area contributed by atoms with Gasteiger partial charge in [-0.05, 0) is 53.4 Å². The average molecular weight is 365 g/mol. The van der Waals surface area contributed by atoms with E-state index in [4.69, 9.17) is 4.74 Å². The molecule has 0 radical (unpaired) electrons. The third kappa shape index (κ3) is 2.66. The number of fused-ring (bicyclic) bond motifs is 1. The number of methoxy groups -OCH3 is 1. The van der Waals surface area contributed by atoms with E-state index >= 15 is 0 Å². The summed E-state index contributed by atoms with van der Waals surface area (Å²) in [5.41, 5.74) is 4.33. The number of H-pyrrole nitrogens is 1. The highest BCUT2D eigenvalue weighted by Crippen LogP contribution is 2.38. The van der Waals surface area contributed by atoms with Crippen molar-refractivity contribution in [2.45, 2.75) is 26.7 Å². The van der Waals surface area contributed by atoms with Crippen LogP contribution in [0.25, 0.3) is 28.1 Å². The largest absolute Gasteiger partial charge is 0.497 e. The Balaban J connectivity index is 2.17. The lowest BCUT2D eigenvalue weighted by molar-refractivity contribution is 0.414. The van der Waals surface area contributed by atoms with Crippen molar-refractivity contribution in [2.24, 2.45) is 0 Å². The molecule has 0 atom stereocenters. The minimum Gasteiger partial charge on any atom is -0.497 e. The van der Waals surface area contributed by atoms with Crippen LogP contribution in [-0.2, 0) is 12.8 Å². The van der Waals surface area contributed by atoms with Crippen LogP contribution in [0.4, 0.5) is 4.39 Å². The second kappa shape index (κ2) is 6.83. The molecule has 0 saturated heterocycles. The van der Waals surface area contributed by atoms with E-state index in [-0.39, 0.29) is 5.82 Å². The van der Waals surface area contributed by atoms with E-state index in [1.165, 1.54) is 6.07 Å². The Bertz CT molecular complexity index is 1100. The summed E-state index contributed by atoms with van der Waals surface area (Å²) in [5, 5.41) is 15.6. The highest BCUT2D eigenvalue weighted by Gasteiger charge is 2.24. The molecule has 6 nitrogen and oxygen atoms in total. The molecule has 7 heteroatoms. The number of aromatic nitrogens is 5. The lowest BCUT2D eigenvalue weighted by Gasteiger charge is -2.11. The Morgan fingerprint density at radius 2 is 1.93 bits per heavy atom. The Morgan fingerprint density at radius 3 is 2.59 bits per heavy atom. The first-order valence-corrected chi connectivity index (χ1v) is 8.92. The monoisotopic (exact) mass is 365 g/mol. The molecule has 27 heavy (non-hydrogen) atoms. The van der Waals surface area contributed by atoms with Gasteiger partial charge in [0.2, 0.25) is 5.82 Å². The molecule has 4 rings (SSSR count). The summed E-state index contributed by atoms with van der Waals surface area (Å²) < 4.78 is 22.0. The molecule has 4 aromatic rings. The second-order valence-electron chi connectivity index (χ2n) is 6.23. The number of nitrogens with zero attached hydrogens (tertiary/aromatic N) is 4. The fourth-order valence-corrected chi connectivity index (χ4v) is 3.71. The van der Waals surface area contributed by atoms with Crippen LogP contribution in [0.15, 0.2) is 36.4 Å². The summed E-state index contributed by atoms with van der Waals surface area (Å²) in [5.74, 6) is 1.03. The third-order valence-corrected chi connectivity index (χ3v) is 4.86. The molecule has 0 aliphatic carbocycles. The first kappa shape index (κ1) is 17.2. The van der Waals surface area contributed by atoms with Crippen LogP contribution in [0.2, 0.25) is 0 Å². The van der Waals surface area contributed by atoms with Crippen LogP contribution >= 0.6 is 0 Å². The van der Waals surface area contributed by atoms with Gasteiger partial charge in [-0.3, -0.25) is 0 Å². The summed E-state index contributed by atoms with van der Waals surface area (Å²) in [6.07, 6.45) is 1.32. The van der Waals surface area contributed by atoms with Crippen molar-refractivity contribution in [2.75, 3.05) is 7.11 Å². The van der Waals surface area contributed by atoms with E-state index in [9.17, 15) is 4.39 Å². The molecule has 0 unspecified atom stereocenters. The highest BCUT2D eigenvalue weighted by molar-refractivity contribution is 5.95. The molecule has 1 N–H and O–H groups in total. The van der Waals surface area contributed by atoms with E-state index in [0.717, 1.165) is 33.6 Å². The van der Waals surface area contributed by atoms with Crippen molar-refractivity contribution in [1.82, 2.24) is 25.2 Å². The lowest BCUT2D eigenvalue weighted by Crippen LogP contribution is -2.00. The number of benzene rings is 2. The molecular weight excluding hydrogens is 345 g/mol. The van der Waals surface area contributed by atoms with Crippen molar-refractivity contribution in [1.29, 1.82) is 0 Å². The summed E-state index contributed by atoms with van der Waals surface area (Å²) in [6, 6.07) is 11.1. The molecule has 138 valence electrons. The van der Waals surface area contributed by atoms with Crippen LogP contribution in [0.5, 0.6) is 5.75 Å². The molecule has 0 fully saturated rings. The number of rotatable bonds is 5. The Hall–Kier alpha value is -3.22. The van der Waals surface area contributed by atoms with Gasteiger partial charge in [0.05, 0.1) is 18.3 Å². The van der Waals surface area contributed by atoms with Crippen molar-refractivity contribution in [3.8, 4) is 23.0 Å². The lowest BCUT2D eigenvalue weighted by atomic mass is 10.0. The predicted molar refractivity (Wildman–Crippen MR) is 102 cm³/mol. The quantitative estimate of drug-likeness (QED) is 0.578. The van der Waals surface area contributed by atoms with Gasteiger partial charge < -0.3 is 9.30 Å². The summed E-state index contributed by atoms with van der Waals surface area (Å²) >= 11 is 0. The number of hydrogen-bond acceptors (Lipinski definition) is 4. The van der Waals surface area contributed by atoms with E-state index in [1.807, 2.05) is 37.3 Å². The Labute approximate surface area is 156 Å². The Morgan fingerprint density at radius 1 is 1.11 bits per heavy atom. The van der Waals surface area contributed by atoms with Crippen molar-refractivity contribution in [3.63, 3.8) is 0 Å². The molecule has 0 bridgehead atoms. The molecule has 0 aliphatic rings. The van der Waals surface area contributed by atoms with E-state index in [0.29, 0.717) is 24.2 Å². The maximum atomic E-state index is 14.6. The molecule has 2 aromatic carbocycles. The second-order valence-corrected chi connectivity index (χ2v) is 6.23. The first-order valence-electron chi connectivity index (χ1n) is 8.92. The molecule has 0 saturated carbocycles. The maximum Gasteiger partial charge on any atom is 0.221 e. The summed E-state index contributed by atoms with van der Waals surface area (Å²) in [7, 11) is 1.63. The summed E-state index contributed by atoms with van der Waals surface area (Å²) in [4.78, 5) is 0. The molecule has 0 amide bonds. The van der Waals surface area contributed by atoms with Gasteiger partial charge in [0, 0.05) is 17.1 Å². The topological polar surface area (TPSA) is 68.6 Å². The van der Waals surface area contributed by atoms with Crippen LogP contribution in [0.1, 0.15) is 25.0 Å². The van der Waals surface area contributed by atoms with Gasteiger partial charge in [0.25, 0.3) is 0 Å². The van der Waals surface area contributed by atoms with Gasteiger partial charge >= 0.3 is 0 Å². The minimum absolute atomic E-state index is 0.192. The number of aromatic amines is 1. The number of tetrazole rings is 1. The van der Waals surface area contributed by atoms with Crippen LogP contribution in [0, 0.1) is 5.82 Å². The highest BCUT2D eigenvalue weighted by atomic mass is 19.1. The number of ether oxygens (including phenoxy) is 1. The maximum absolute atomic E-state index is 14.6. The van der Waals surface area contributed by atoms with Crippen molar-refractivity contribution in [3.05, 3.63) is 53.3 Å². The Kier molecular flexibility index (Phi) is 4.35. The van der Waals surface area contributed by atoms with E-state index < -0.39 is 0 Å². The zero-order chi connectivity index (χ0) is 19.0. The zero-order valence-electron chi connectivity index (χ0n) is 15.5. The van der Waals surface area contributed by atoms with Gasteiger partial charge in [-0.15, -0.1) is 10.2 Å². The van der Waals surface area contributed by atoms with Gasteiger partial charge in [-0.25, -0.2) is 4.39 Å². The van der Waals surface area contributed by atoms with Crippen LogP contribution in [0.3, 0.4) is 0 Å². The van der Waals surface area contributed by atoms with E-state index in [2.05, 4.69) is 32.1 Å². The van der Waals surface area contributed by atoms with Gasteiger partial charge in [-0.2, -0.15) is 5.21 Å². The van der Waals surface area contributed by atoms with E-state index in [1.54, 1.807) is 7.11 Å². The van der Waals surface area contributed by atoms with Gasteiger partial charge in [0.15, 0.2) is 0 Å². The number of aryl methyl sites for hydroxylation is 2. The van der Waals surface area contributed by atoms with Gasteiger partial charge in [0.1, 0.15) is 11.6 Å². The number of hydrogen-bond donors (Lipinski definition) is 1. The first-order chi connectivity index (χ1) is 13.2. The SMILES string of the molecule is CCc1c(F)ccc2c1c(CC)c(-c1nn[nH]n1)n2-c1cccc(OC)c1. The smallest absolute Gasteiger partial charge is 0.221 e. The standard InChI is InChI=1S/C20H20FN5O/c1-4-14-16(21)9-10-17-18(14)15(5-2)19(20-22-24-25-23-20)26(17)12-7-6-8-13(11-12)27-3/h6-11H,4-5H2,1-3H3,(H,22,23,24,25). The zero-order valence-corrected chi connectivity index (χ0v) is 15.5. The fraction of sp³-hybridized carbons (Fsp3) is 0.250. The number of nitrogens with one attached hydrogen (secondary N) is 1. The van der Waals surface area contributed by atoms with Crippen LogP contribution < -0.4 is 4.74 Å². The molecule has 2 aromatic heterocycles. The van der Waals surface area contributed by atoms with Gasteiger partial charge in [-0.1, -0.05) is 19.9 Å². The third-order valence-electron chi connectivity index (χ3n) is 4.86. The van der Waals surface area contributed by atoms with Crippen molar-refractivity contribution >= 4 is 10.9 Å². The van der Waals surface area contributed by atoms with Crippen LogP contribution in [-0.4, -0.2) is 32.3 Å². The molecule has 2 heterocycles. The fourth-order valence-electron chi connectivity index (χ4n) is 3.71. The molecule has 0 spiro atoms. The normalized spacial score (nSPS) is 11.3. The molecular formula is C20H20FN5O. The summed E-state index contributed by atoms with van der Waals surface area (Å²) in [6.45, 7) is 4.02. The average Bonchev–Trinajstić information content (AvgIpc) is 3.33. The predicted octanol–water partition coefficient (Wildman–Crippen LogP) is 4.08. The molecule has 0 aliphatic heterocycles. The number of halogens is 1.